The van der Waals surface area contributed by atoms with Gasteiger partial charge in [0.1, 0.15) is 0 Å². The van der Waals surface area contributed by atoms with Crippen molar-refractivity contribution in [2.75, 3.05) is 10.6 Å². The molecule has 126 valence electrons. The number of nitrogens with one attached hydrogen (secondary N) is 4. The van der Waals surface area contributed by atoms with Crippen molar-refractivity contribution < 1.29 is 4.79 Å². The zero-order valence-electron chi connectivity index (χ0n) is 13.4. The van der Waals surface area contributed by atoms with Crippen LogP contribution in [0.5, 0.6) is 0 Å². The highest BCUT2D eigenvalue weighted by Crippen LogP contribution is 2.16. The fraction of sp³-hybridized carbons (Fsp3) is 0.0588. The van der Waals surface area contributed by atoms with Crippen molar-refractivity contribution in [1.82, 2.24) is 15.6 Å². The summed E-state index contributed by atoms with van der Waals surface area (Å²) < 4.78 is 0. The van der Waals surface area contributed by atoms with Gasteiger partial charge in [0.25, 0.3) is 0 Å². The smallest absolute Gasteiger partial charge is 0.221 e. The van der Waals surface area contributed by atoms with Crippen LogP contribution >= 0.6 is 12.2 Å². The number of H-pyrrole nitrogens is 1. The van der Waals surface area contributed by atoms with E-state index in [1.165, 1.54) is 6.92 Å². The summed E-state index contributed by atoms with van der Waals surface area (Å²) >= 11 is 5.21. The second kappa shape index (κ2) is 7.54. The highest BCUT2D eigenvalue weighted by atomic mass is 32.1. The predicted octanol–water partition coefficient (Wildman–Crippen LogP) is 2.84. The number of thiocarbonyl (C=S) groups is 1. The summed E-state index contributed by atoms with van der Waals surface area (Å²) in [6.07, 6.45) is 3.40. The molecule has 3 aromatic rings. The topological polar surface area (TPSA) is 94.2 Å². The van der Waals surface area contributed by atoms with Gasteiger partial charge >= 0.3 is 0 Å². The number of aromatic nitrogens is 2. The Bertz CT molecular complexity index is 932. The van der Waals surface area contributed by atoms with E-state index in [-0.39, 0.29) is 5.91 Å². The molecule has 4 N–H and O–H groups in total. The molecule has 0 fully saturated rings. The first-order valence-corrected chi connectivity index (χ1v) is 7.92. The largest absolute Gasteiger partial charge is 0.331 e. The molecule has 0 aliphatic heterocycles. The maximum atomic E-state index is 11.0. The lowest BCUT2D eigenvalue weighted by Crippen LogP contribution is -2.23. The van der Waals surface area contributed by atoms with Crippen LogP contribution in [0.15, 0.2) is 53.8 Å². The van der Waals surface area contributed by atoms with Gasteiger partial charge in [-0.2, -0.15) is 10.2 Å². The number of carbonyl (C=O) groups is 1. The number of aromatic amines is 1. The van der Waals surface area contributed by atoms with Gasteiger partial charge < -0.3 is 10.6 Å². The highest BCUT2D eigenvalue weighted by Gasteiger charge is 2.00. The van der Waals surface area contributed by atoms with Gasteiger partial charge in [0.15, 0.2) is 5.11 Å². The van der Waals surface area contributed by atoms with E-state index in [4.69, 9.17) is 12.2 Å². The monoisotopic (exact) mass is 352 g/mol. The van der Waals surface area contributed by atoms with Gasteiger partial charge in [-0.25, -0.2) is 0 Å². The van der Waals surface area contributed by atoms with Gasteiger partial charge in [0, 0.05) is 23.7 Å². The van der Waals surface area contributed by atoms with Crippen molar-refractivity contribution in [3.05, 3.63) is 54.2 Å². The Morgan fingerprint density at radius 3 is 2.68 bits per heavy atom. The first-order valence-electron chi connectivity index (χ1n) is 7.51. The molecule has 1 amide bonds. The molecule has 0 saturated carbocycles. The minimum Gasteiger partial charge on any atom is -0.331 e. The number of amides is 1. The molecule has 0 atom stereocenters. The summed E-state index contributed by atoms with van der Waals surface area (Å²) in [5, 5.41) is 18.1. The van der Waals surface area contributed by atoms with E-state index in [0.717, 1.165) is 27.8 Å². The minimum absolute atomic E-state index is 0.104. The summed E-state index contributed by atoms with van der Waals surface area (Å²) in [4.78, 5) is 11.0. The van der Waals surface area contributed by atoms with Crippen molar-refractivity contribution >= 4 is 51.7 Å². The number of fused-ring (bicyclic) bond motifs is 1. The van der Waals surface area contributed by atoms with Crippen molar-refractivity contribution in [2.24, 2.45) is 5.10 Å². The van der Waals surface area contributed by atoms with Gasteiger partial charge in [0.2, 0.25) is 5.91 Å². The van der Waals surface area contributed by atoms with Gasteiger partial charge in [0.05, 0.1) is 17.9 Å². The van der Waals surface area contributed by atoms with Crippen molar-refractivity contribution in [2.45, 2.75) is 6.92 Å². The number of nitrogens with zero attached hydrogens (tertiary/aromatic N) is 2. The average molecular weight is 352 g/mol. The lowest BCUT2D eigenvalue weighted by Gasteiger charge is -2.07. The van der Waals surface area contributed by atoms with Crippen LogP contribution in [-0.2, 0) is 4.79 Å². The summed E-state index contributed by atoms with van der Waals surface area (Å²) in [7, 11) is 0. The molecule has 8 heteroatoms. The van der Waals surface area contributed by atoms with Crippen LogP contribution < -0.4 is 16.1 Å². The third kappa shape index (κ3) is 4.61. The second-order valence-corrected chi connectivity index (χ2v) is 5.71. The maximum absolute atomic E-state index is 11.0. The molecular weight excluding hydrogens is 336 g/mol. The van der Waals surface area contributed by atoms with Gasteiger partial charge in [-0.15, -0.1) is 0 Å². The van der Waals surface area contributed by atoms with E-state index in [2.05, 4.69) is 31.4 Å². The molecule has 0 aliphatic rings. The SMILES string of the molecule is CC(=O)Nc1ccc(C=NNC(=S)Nc2ccc3cn[nH]c3c2)cc1. The molecule has 2 aromatic carbocycles. The Balaban J connectivity index is 1.54. The van der Waals surface area contributed by atoms with Crippen molar-refractivity contribution in [3.63, 3.8) is 0 Å². The van der Waals surface area contributed by atoms with Crippen LogP contribution in [0.2, 0.25) is 0 Å². The van der Waals surface area contributed by atoms with Crippen LogP contribution in [-0.4, -0.2) is 27.4 Å². The molecule has 0 radical (unpaired) electrons. The molecular formula is C17H16N6OS. The van der Waals surface area contributed by atoms with Crippen LogP contribution in [0.4, 0.5) is 11.4 Å². The Hall–Kier alpha value is -3.26. The third-order valence-corrected chi connectivity index (χ3v) is 3.50. The molecule has 0 unspecified atom stereocenters. The highest BCUT2D eigenvalue weighted by molar-refractivity contribution is 7.80. The lowest BCUT2D eigenvalue weighted by atomic mass is 10.2. The third-order valence-electron chi connectivity index (χ3n) is 3.31. The quantitative estimate of drug-likeness (QED) is 0.329. The summed E-state index contributed by atoms with van der Waals surface area (Å²) in [5.74, 6) is -0.104. The average Bonchev–Trinajstić information content (AvgIpc) is 3.03. The summed E-state index contributed by atoms with van der Waals surface area (Å²) in [6, 6.07) is 13.1. The number of benzene rings is 2. The first kappa shape index (κ1) is 16.6. The van der Waals surface area contributed by atoms with Crippen LogP contribution in [0.3, 0.4) is 0 Å². The zero-order chi connectivity index (χ0) is 17.6. The van der Waals surface area contributed by atoms with E-state index >= 15 is 0 Å². The second-order valence-electron chi connectivity index (χ2n) is 5.30. The lowest BCUT2D eigenvalue weighted by molar-refractivity contribution is -0.114. The Labute approximate surface area is 149 Å². The molecule has 0 aliphatic carbocycles. The molecule has 25 heavy (non-hydrogen) atoms. The molecule has 3 rings (SSSR count). The fourth-order valence-corrected chi connectivity index (χ4v) is 2.37. The minimum atomic E-state index is -0.104. The van der Waals surface area contributed by atoms with Gasteiger partial charge in [-0.05, 0) is 48.1 Å². The predicted molar refractivity (Wildman–Crippen MR) is 104 cm³/mol. The van der Waals surface area contributed by atoms with E-state index in [9.17, 15) is 4.79 Å². The number of hydrazone groups is 1. The van der Waals surface area contributed by atoms with Crippen molar-refractivity contribution in [1.29, 1.82) is 0 Å². The van der Waals surface area contributed by atoms with E-state index in [0.29, 0.717) is 5.11 Å². The van der Waals surface area contributed by atoms with Gasteiger partial charge in [-0.3, -0.25) is 15.3 Å². The Morgan fingerprint density at radius 1 is 1.16 bits per heavy atom. The molecule has 7 nitrogen and oxygen atoms in total. The number of anilines is 2. The Kier molecular flexibility index (Phi) is 5.00. The van der Waals surface area contributed by atoms with Gasteiger partial charge in [-0.1, -0.05) is 12.1 Å². The fourth-order valence-electron chi connectivity index (χ4n) is 2.20. The summed E-state index contributed by atoms with van der Waals surface area (Å²) in [5.41, 5.74) is 6.14. The number of hydrogen-bond donors (Lipinski definition) is 4. The maximum Gasteiger partial charge on any atom is 0.221 e. The van der Waals surface area contributed by atoms with E-state index in [1.54, 1.807) is 24.5 Å². The molecule has 1 aromatic heterocycles. The molecule has 0 saturated heterocycles. The number of rotatable bonds is 4. The molecule has 0 bridgehead atoms. The van der Waals surface area contributed by atoms with E-state index < -0.39 is 0 Å². The van der Waals surface area contributed by atoms with Crippen LogP contribution in [0, 0.1) is 0 Å². The molecule has 1 heterocycles. The molecule has 0 spiro atoms. The zero-order valence-corrected chi connectivity index (χ0v) is 14.2. The Morgan fingerprint density at radius 2 is 1.92 bits per heavy atom. The van der Waals surface area contributed by atoms with Crippen LogP contribution in [0.1, 0.15) is 12.5 Å². The van der Waals surface area contributed by atoms with Crippen molar-refractivity contribution in [3.8, 4) is 0 Å². The normalized spacial score (nSPS) is 10.8. The summed E-state index contributed by atoms with van der Waals surface area (Å²) in [6.45, 7) is 1.47. The standard InChI is InChI=1S/C17H16N6OS/c1-11(24)20-14-5-2-12(3-6-14)9-18-23-17(25)21-15-7-4-13-10-19-22-16(13)8-15/h2-10H,1H3,(H,19,22)(H,20,24)(H2,21,23,25). The van der Waals surface area contributed by atoms with Crippen LogP contribution in [0.25, 0.3) is 10.9 Å². The number of carbonyl (C=O) groups excluding carboxylic acids is 1. The number of hydrogen-bond acceptors (Lipinski definition) is 4. The van der Waals surface area contributed by atoms with E-state index in [1.807, 2.05) is 30.3 Å². The first-order chi connectivity index (χ1) is 12.1.